The second kappa shape index (κ2) is 9.25. The van der Waals surface area contributed by atoms with Crippen molar-refractivity contribution in [3.63, 3.8) is 0 Å². The van der Waals surface area contributed by atoms with E-state index >= 15 is 0 Å². The highest BCUT2D eigenvalue weighted by Gasteiger charge is 2.21. The Morgan fingerprint density at radius 2 is 2.24 bits per heavy atom. The lowest BCUT2D eigenvalue weighted by Gasteiger charge is -2.12. The fourth-order valence-electron chi connectivity index (χ4n) is 1.76. The molecule has 21 heavy (non-hydrogen) atoms. The molecule has 0 spiro atoms. The molecule has 1 radical (unpaired) electrons. The van der Waals surface area contributed by atoms with E-state index in [2.05, 4.69) is 6.92 Å². The molecule has 0 aromatic heterocycles. The highest BCUT2D eigenvalue weighted by Crippen LogP contribution is 2.28. The first-order valence-corrected chi connectivity index (χ1v) is 6.91. The van der Waals surface area contributed by atoms with Crippen LogP contribution in [0, 0.1) is 0 Å². The van der Waals surface area contributed by atoms with Gasteiger partial charge in [-0.25, -0.2) is 0 Å². The molecule has 1 rings (SSSR count). The number of carbonyl (C=O) groups is 1. The van der Waals surface area contributed by atoms with Crippen LogP contribution in [-0.4, -0.2) is 37.0 Å². The first kappa shape index (κ1) is 17.3. The summed E-state index contributed by atoms with van der Waals surface area (Å²) in [6, 6.07) is 4.88. The summed E-state index contributed by atoms with van der Waals surface area (Å²) < 4.78 is 10.3. The molecule has 0 aliphatic heterocycles. The number of rotatable bonds is 10. The minimum atomic E-state index is -1.01. The second-order valence-electron chi connectivity index (χ2n) is 4.62. The van der Waals surface area contributed by atoms with E-state index in [1.165, 1.54) is 13.5 Å². The van der Waals surface area contributed by atoms with E-state index in [9.17, 15) is 9.90 Å². The van der Waals surface area contributed by atoms with Gasteiger partial charge in [-0.3, -0.25) is 4.79 Å². The summed E-state index contributed by atoms with van der Waals surface area (Å²) in [5.74, 6) is -1.42. The summed E-state index contributed by atoms with van der Waals surface area (Å²) in [4.78, 5) is 11.1. The summed E-state index contributed by atoms with van der Waals surface area (Å²) in [5.41, 5.74) is 5.85. The number of aromatic hydroxyl groups is 1. The molecule has 0 aliphatic rings. The first-order valence-electron chi connectivity index (χ1n) is 6.91. The van der Waals surface area contributed by atoms with E-state index in [4.69, 9.17) is 20.2 Å². The van der Waals surface area contributed by atoms with Crippen LogP contribution in [-0.2, 0) is 15.9 Å². The number of hydrogen-bond donors (Lipinski definition) is 3. The number of unbranched alkanes of at least 4 members (excludes halogenated alkanes) is 1. The maximum absolute atomic E-state index is 11.1. The van der Waals surface area contributed by atoms with Gasteiger partial charge < -0.3 is 25.3 Å². The second-order valence-corrected chi connectivity index (χ2v) is 4.62. The van der Waals surface area contributed by atoms with Gasteiger partial charge >= 0.3 is 13.5 Å². The Labute approximate surface area is 125 Å². The molecule has 0 saturated carbocycles. The number of carboxylic acids is 1. The van der Waals surface area contributed by atoms with Gasteiger partial charge in [-0.1, -0.05) is 19.4 Å². The van der Waals surface area contributed by atoms with Crippen LogP contribution in [0.4, 0.5) is 0 Å². The predicted molar refractivity (Wildman–Crippen MR) is 79.5 cm³/mol. The SMILES string of the molecule is CCCCOc1ccc(C[C@H]([B]OCN)C(=O)O)cc1O. The Balaban J connectivity index is 2.66. The maximum Gasteiger partial charge on any atom is 0.309 e. The van der Waals surface area contributed by atoms with Gasteiger partial charge in [0.15, 0.2) is 11.5 Å². The number of hydrogen-bond acceptors (Lipinski definition) is 5. The average Bonchev–Trinajstić information content (AvgIpc) is 2.45. The highest BCUT2D eigenvalue weighted by atomic mass is 16.5. The van der Waals surface area contributed by atoms with Crippen LogP contribution in [0.3, 0.4) is 0 Å². The first-order chi connectivity index (χ1) is 10.1. The molecule has 0 saturated heterocycles. The molecule has 1 atom stereocenters. The van der Waals surface area contributed by atoms with Crippen molar-refractivity contribution in [2.45, 2.75) is 32.0 Å². The fourth-order valence-corrected chi connectivity index (χ4v) is 1.76. The van der Waals surface area contributed by atoms with Crippen molar-refractivity contribution in [3.05, 3.63) is 23.8 Å². The summed E-state index contributed by atoms with van der Waals surface area (Å²) in [7, 11) is 1.20. The Morgan fingerprint density at radius 1 is 1.48 bits per heavy atom. The molecular formula is C14H21BNO5. The van der Waals surface area contributed by atoms with E-state index < -0.39 is 11.8 Å². The molecule has 4 N–H and O–H groups in total. The van der Waals surface area contributed by atoms with Gasteiger partial charge in [0.2, 0.25) is 0 Å². The lowest BCUT2D eigenvalue weighted by atomic mass is 9.76. The number of ether oxygens (including phenoxy) is 1. The lowest BCUT2D eigenvalue weighted by molar-refractivity contribution is -0.137. The predicted octanol–water partition coefficient (Wildman–Crippen LogP) is 1.54. The van der Waals surface area contributed by atoms with Gasteiger partial charge in [-0.15, -0.1) is 0 Å². The quantitative estimate of drug-likeness (QED) is 0.344. The van der Waals surface area contributed by atoms with E-state index in [0.29, 0.717) is 17.9 Å². The molecule has 0 heterocycles. The van der Waals surface area contributed by atoms with Crippen LogP contribution in [0.15, 0.2) is 18.2 Å². The Kier molecular flexibility index (Phi) is 7.64. The smallest absolute Gasteiger partial charge is 0.309 e. The molecule has 115 valence electrons. The van der Waals surface area contributed by atoms with Crippen molar-refractivity contribution >= 4 is 13.5 Å². The van der Waals surface area contributed by atoms with Crippen molar-refractivity contribution in [3.8, 4) is 11.5 Å². The van der Waals surface area contributed by atoms with Gasteiger partial charge in [0, 0.05) is 0 Å². The third-order valence-electron chi connectivity index (χ3n) is 2.91. The van der Waals surface area contributed by atoms with Gasteiger partial charge in [0.25, 0.3) is 0 Å². The van der Waals surface area contributed by atoms with Crippen molar-refractivity contribution in [2.24, 2.45) is 5.73 Å². The van der Waals surface area contributed by atoms with Crippen LogP contribution in [0.1, 0.15) is 25.3 Å². The molecule has 1 aromatic rings. The summed E-state index contributed by atoms with van der Waals surface area (Å²) in [6.45, 7) is 2.52. The van der Waals surface area contributed by atoms with Crippen molar-refractivity contribution in [1.29, 1.82) is 0 Å². The maximum atomic E-state index is 11.1. The van der Waals surface area contributed by atoms with Crippen molar-refractivity contribution in [1.82, 2.24) is 0 Å². The summed E-state index contributed by atoms with van der Waals surface area (Å²) in [6.07, 6.45) is 2.13. The molecule has 6 nitrogen and oxygen atoms in total. The topological polar surface area (TPSA) is 102 Å². The van der Waals surface area contributed by atoms with Crippen LogP contribution >= 0.6 is 0 Å². The van der Waals surface area contributed by atoms with Crippen LogP contribution in [0.5, 0.6) is 11.5 Å². The van der Waals surface area contributed by atoms with Crippen LogP contribution < -0.4 is 10.5 Å². The van der Waals surface area contributed by atoms with E-state index in [0.717, 1.165) is 12.8 Å². The van der Waals surface area contributed by atoms with Crippen LogP contribution in [0.25, 0.3) is 0 Å². The molecule has 0 fully saturated rings. The molecular weight excluding hydrogens is 273 g/mol. The third kappa shape index (κ3) is 6.05. The van der Waals surface area contributed by atoms with Crippen molar-refractivity contribution < 1.29 is 24.4 Å². The normalized spacial score (nSPS) is 11.9. The van der Waals surface area contributed by atoms with Gasteiger partial charge in [0.05, 0.1) is 19.2 Å². The van der Waals surface area contributed by atoms with Crippen molar-refractivity contribution in [2.75, 3.05) is 13.3 Å². The summed E-state index contributed by atoms with van der Waals surface area (Å²) >= 11 is 0. The standard InChI is InChI=1S/C14H21BNO5/c1-2-3-6-20-13-5-4-10(8-12(13)17)7-11(14(18)19)15-21-9-16/h4-5,8,11,17H,2-3,6-7,9,16H2,1H3,(H,18,19)/t11-/m0/s1. The average molecular weight is 294 g/mol. The van der Waals surface area contributed by atoms with Crippen LogP contribution in [0.2, 0.25) is 5.82 Å². The molecule has 0 amide bonds. The Morgan fingerprint density at radius 3 is 2.81 bits per heavy atom. The number of phenols is 1. The molecule has 0 unspecified atom stereocenters. The molecule has 0 aliphatic carbocycles. The largest absolute Gasteiger partial charge is 0.504 e. The summed E-state index contributed by atoms with van der Waals surface area (Å²) in [5, 5.41) is 19.0. The number of nitrogens with two attached hydrogens (primary N) is 1. The van der Waals surface area contributed by atoms with Gasteiger partial charge in [0.1, 0.15) is 0 Å². The lowest BCUT2D eigenvalue weighted by Crippen LogP contribution is -2.21. The minimum Gasteiger partial charge on any atom is -0.504 e. The zero-order valence-electron chi connectivity index (χ0n) is 12.1. The number of phenolic OH excluding ortho intramolecular Hbond substituents is 1. The molecule has 0 bridgehead atoms. The number of benzene rings is 1. The fraction of sp³-hybridized carbons (Fsp3) is 0.500. The monoisotopic (exact) mass is 294 g/mol. The Hall–Kier alpha value is -1.73. The van der Waals surface area contributed by atoms with E-state index in [1.54, 1.807) is 12.1 Å². The van der Waals surface area contributed by atoms with E-state index in [-0.39, 0.29) is 18.9 Å². The number of carboxylic acid groups (broad SMARTS) is 1. The Bertz CT molecular complexity index is 455. The van der Waals surface area contributed by atoms with Gasteiger partial charge in [-0.2, -0.15) is 0 Å². The van der Waals surface area contributed by atoms with Gasteiger partial charge in [-0.05, 0) is 30.5 Å². The zero-order chi connectivity index (χ0) is 15.7. The van der Waals surface area contributed by atoms with E-state index in [1.807, 2.05) is 0 Å². The third-order valence-corrected chi connectivity index (χ3v) is 2.91. The molecule has 1 aromatic carbocycles. The zero-order valence-corrected chi connectivity index (χ0v) is 12.1. The highest BCUT2D eigenvalue weighted by molar-refractivity contribution is 6.36. The minimum absolute atomic E-state index is 0.00693. The molecule has 7 heteroatoms. The number of aliphatic carboxylic acids is 1.